The number of anilines is 1. The topological polar surface area (TPSA) is 84.0 Å². The van der Waals surface area contributed by atoms with Crippen molar-refractivity contribution in [2.75, 3.05) is 5.32 Å². The van der Waals surface area contributed by atoms with Crippen LogP contribution in [0, 0.1) is 23.2 Å². The molecule has 4 bridgehead atoms. The van der Waals surface area contributed by atoms with Gasteiger partial charge in [-0.2, -0.15) is 0 Å². The van der Waals surface area contributed by atoms with E-state index in [9.17, 15) is 9.59 Å². The second-order valence-electron chi connectivity index (χ2n) is 9.26. The van der Waals surface area contributed by atoms with Crippen molar-refractivity contribution in [1.29, 1.82) is 0 Å². The van der Waals surface area contributed by atoms with Crippen LogP contribution in [-0.4, -0.2) is 27.6 Å². The molecule has 0 aromatic carbocycles. The highest BCUT2D eigenvalue weighted by Crippen LogP contribution is 2.61. The fraction of sp³-hybridized carbons (Fsp3) is 0.789. The summed E-state index contributed by atoms with van der Waals surface area (Å²) in [4.78, 5) is 25.0. The van der Waals surface area contributed by atoms with Gasteiger partial charge in [0.1, 0.15) is 5.01 Å². The lowest BCUT2D eigenvalue weighted by molar-refractivity contribution is -0.148. The summed E-state index contributed by atoms with van der Waals surface area (Å²) >= 11 is 1.48. The van der Waals surface area contributed by atoms with Crippen LogP contribution < -0.4 is 10.6 Å². The van der Waals surface area contributed by atoms with Crippen LogP contribution >= 0.6 is 11.3 Å². The summed E-state index contributed by atoms with van der Waals surface area (Å²) in [5, 5.41) is 16.2. The molecule has 0 radical (unpaired) electrons. The highest BCUT2D eigenvalue weighted by molar-refractivity contribution is 7.15. The van der Waals surface area contributed by atoms with Gasteiger partial charge in [-0.3, -0.25) is 9.59 Å². The second kappa shape index (κ2) is 6.29. The van der Waals surface area contributed by atoms with Crippen molar-refractivity contribution >= 4 is 28.3 Å². The average molecular weight is 377 g/mol. The minimum atomic E-state index is -0.365. The Morgan fingerprint density at radius 1 is 1.19 bits per heavy atom. The number of amides is 2. The van der Waals surface area contributed by atoms with Crippen molar-refractivity contribution in [1.82, 2.24) is 15.5 Å². The lowest BCUT2D eigenvalue weighted by Crippen LogP contribution is -2.65. The third-order valence-electron chi connectivity index (χ3n) is 6.25. The second-order valence-corrected chi connectivity index (χ2v) is 10.3. The van der Waals surface area contributed by atoms with Crippen LogP contribution in [0.4, 0.5) is 5.13 Å². The number of nitrogens with zero attached hydrogens (tertiary/aromatic N) is 2. The molecule has 1 heterocycles. The molecule has 6 nitrogen and oxygen atoms in total. The molecule has 5 rings (SSSR count). The van der Waals surface area contributed by atoms with Gasteiger partial charge in [-0.25, -0.2) is 0 Å². The molecule has 0 saturated heterocycles. The fourth-order valence-corrected chi connectivity index (χ4v) is 6.96. The van der Waals surface area contributed by atoms with Crippen molar-refractivity contribution in [3.05, 3.63) is 5.01 Å². The molecule has 2 amide bonds. The van der Waals surface area contributed by atoms with Crippen molar-refractivity contribution in [2.24, 2.45) is 23.2 Å². The number of rotatable bonds is 5. The predicted molar refractivity (Wildman–Crippen MR) is 101 cm³/mol. The van der Waals surface area contributed by atoms with Gasteiger partial charge in [0.2, 0.25) is 16.9 Å². The van der Waals surface area contributed by atoms with Crippen LogP contribution in [0.15, 0.2) is 0 Å². The summed E-state index contributed by atoms with van der Waals surface area (Å²) in [6.45, 7) is 5.88. The van der Waals surface area contributed by atoms with Gasteiger partial charge in [-0.1, -0.05) is 25.2 Å². The molecular weight excluding hydrogens is 348 g/mol. The highest BCUT2D eigenvalue weighted by Gasteiger charge is 2.60. The fourth-order valence-electron chi connectivity index (χ4n) is 6.01. The van der Waals surface area contributed by atoms with Crippen LogP contribution in [-0.2, 0) is 16.0 Å². The van der Waals surface area contributed by atoms with Gasteiger partial charge in [-0.05, 0) is 56.3 Å². The normalized spacial score (nSPS) is 34.9. The largest absolute Gasteiger partial charge is 0.351 e. The van der Waals surface area contributed by atoms with Crippen molar-refractivity contribution < 1.29 is 9.59 Å². The molecule has 0 spiro atoms. The van der Waals surface area contributed by atoms with E-state index in [0.717, 1.165) is 43.5 Å². The summed E-state index contributed by atoms with van der Waals surface area (Å²) < 4.78 is 0. The molecule has 26 heavy (non-hydrogen) atoms. The van der Waals surface area contributed by atoms with E-state index in [-0.39, 0.29) is 22.8 Å². The molecular formula is C19H28N4O2S. The average Bonchev–Trinajstić information content (AvgIpc) is 2.90. The third-order valence-corrected chi connectivity index (χ3v) is 7.12. The maximum absolute atomic E-state index is 13.2. The quantitative estimate of drug-likeness (QED) is 0.827. The van der Waals surface area contributed by atoms with E-state index in [2.05, 4.69) is 34.7 Å². The molecule has 2 N–H and O–H groups in total. The number of nitrogens with one attached hydrogen (secondary N) is 2. The van der Waals surface area contributed by atoms with Crippen molar-refractivity contribution in [3.63, 3.8) is 0 Å². The summed E-state index contributed by atoms with van der Waals surface area (Å²) in [6, 6.07) is 0. The van der Waals surface area contributed by atoms with E-state index >= 15 is 0 Å². The van der Waals surface area contributed by atoms with Gasteiger partial charge in [0.05, 0.1) is 5.41 Å². The Hall–Kier alpha value is -1.50. The molecule has 0 unspecified atom stereocenters. The molecule has 142 valence electrons. The Bertz CT molecular complexity index is 715. The number of carbonyl (C=O) groups excluding carboxylic acids is 2. The number of carbonyl (C=O) groups is 2. The van der Waals surface area contributed by atoms with E-state index in [1.807, 2.05) is 0 Å². The molecule has 7 heteroatoms. The number of hydrogen-bond donors (Lipinski definition) is 2. The van der Waals surface area contributed by atoms with Crippen LogP contribution in [0.1, 0.15) is 64.3 Å². The van der Waals surface area contributed by atoms with E-state index < -0.39 is 0 Å². The predicted octanol–water partition coefficient (Wildman–Crippen LogP) is 3.15. The lowest BCUT2D eigenvalue weighted by Gasteiger charge is -2.61. The van der Waals surface area contributed by atoms with Crippen molar-refractivity contribution in [3.8, 4) is 0 Å². The zero-order chi connectivity index (χ0) is 18.5. The van der Waals surface area contributed by atoms with Crippen LogP contribution in [0.5, 0.6) is 0 Å². The van der Waals surface area contributed by atoms with E-state index in [1.54, 1.807) is 6.92 Å². The molecule has 4 aliphatic rings. The number of aromatic nitrogens is 2. The van der Waals surface area contributed by atoms with E-state index in [1.165, 1.54) is 17.8 Å². The van der Waals surface area contributed by atoms with E-state index in [4.69, 9.17) is 0 Å². The first-order valence-electron chi connectivity index (χ1n) is 9.70. The smallest absolute Gasteiger partial charge is 0.232 e. The first-order chi connectivity index (χ1) is 12.3. The molecule has 4 fully saturated rings. The number of hydrogen-bond acceptors (Lipinski definition) is 5. The first-order valence-corrected chi connectivity index (χ1v) is 10.5. The monoisotopic (exact) mass is 376 g/mol. The van der Waals surface area contributed by atoms with Crippen LogP contribution in [0.2, 0.25) is 0 Å². The summed E-state index contributed by atoms with van der Waals surface area (Å²) in [7, 11) is 0. The highest BCUT2D eigenvalue weighted by atomic mass is 32.1. The maximum Gasteiger partial charge on any atom is 0.232 e. The Labute approximate surface area is 158 Å². The maximum atomic E-state index is 13.2. The Morgan fingerprint density at radius 3 is 2.50 bits per heavy atom. The lowest BCUT2D eigenvalue weighted by atomic mass is 9.46. The SMILES string of the molecule is CC(=O)NC12C[C@@H]3C[C@@H](C1)CC(C(=O)Nc1nnc(CC(C)C)s1)(C3)C2. The van der Waals surface area contributed by atoms with Gasteiger partial charge >= 0.3 is 0 Å². The van der Waals surface area contributed by atoms with Gasteiger partial charge in [0.15, 0.2) is 0 Å². The minimum absolute atomic E-state index is 0.0185. The van der Waals surface area contributed by atoms with Gasteiger partial charge in [-0.15, -0.1) is 10.2 Å². The Kier molecular flexibility index (Phi) is 4.33. The zero-order valence-electron chi connectivity index (χ0n) is 15.8. The third kappa shape index (κ3) is 3.26. The summed E-state index contributed by atoms with van der Waals surface area (Å²) in [6.07, 6.45) is 6.77. The van der Waals surface area contributed by atoms with Gasteiger partial charge in [0.25, 0.3) is 0 Å². The van der Waals surface area contributed by atoms with Gasteiger partial charge in [0, 0.05) is 18.9 Å². The first kappa shape index (κ1) is 17.9. The Balaban J connectivity index is 1.52. The Morgan fingerprint density at radius 2 is 1.88 bits per heavy atom. The molecule has 4 aliphatic carbocycles. The molecule has 4 saturated carbocycles. The van der Waals surface area contributed by atoms with Crippen LogP contribution in [0.3, 0.4) is 0 Å². The molecule has 0 aliphatic heterocycles. The van der Waals surface area contributed by atoms with E-state index in [0.29, 0.717) is 22.9 Å². The van der Waals surface area contributed by atoms with Gasteiger partial charge < -0.3 is 10.6 Å². The van der Waals surface area contributed by atoms with Crippen molar-refractivity contribution in [2.45, 2.75) is 71.3 Å². The summed E-state index contributed by atoms with van der Waals surface area (Å²) in [5.74, 6) is 1.70. The van der Waals surface area contributed by atoms with Crippen LogP contribution in [0.25, 0.3) is 0 Å². The summed E-state index contributed by atoms with van der Waals surface area (Å²) in [5.41, 5.74) is -0.548. The standard InChI is InChI=1S/C19H28N4O2S/c1-11(2)4-15-22-23-17(26-15)20-16(25)18-6-13-5-14(7-18)9-19(8-13,10-18)21-12(3)24/h11,13-14H,4-10H2,1-3H3,(H,21,24)(H,20,23,25)/t13-,14-,18?,19?/m1/s1. The molecule has 1 aromatic rings. The minimum Gasteiger partial charge on any atom is -0.351 e. The molecule has 1 aromatic heterocycles. The molecule has 2 atom stereocenters. The zero-order valence-corrected chi connectivity index (χ0v) is 16.6.